The highest BCUT2D eigenvalue weighted by atomic mass is 15.4. The summed E-state index contributed by atoms with van der Waals surface area (Å²) < 4.78 is 1.77. The van der Waals surface area contributed by atoms with Crippen molar-refractivity contribution in [3.63, 3.8) is 0 Å². The van der Waals surface area contributed by atoms with Crippen molar-refractivity contribution in [3.05, 3.63) is 11.9 Å². The molecular weight excluding hydrogens is 238 g/mol. The molecule has 2 atom stereocenters. The number of nitrogens with zero attached hydrogens (tertiary/aromatic N) is 4. The Balaban J connectivity index is 2.13. The molecule has 1 fully saturated rings. The van der Waals surface area contributed by atoms with E-state index in [2.05, 4.69) is 29.1 Å². The summed E-state index contributed by atoms with van der Waals surface area (Å²) in [7, 11) is 1.91. The minimum absolute atomic E-state index is 0.157. The van der Waals surface area contributed by atoms with Crippen LogP contribution in [0.25, 0.3) is 0 Å². The first-order valence-electron chi connectivity index (χ1n) is 7.40. The van der Waals surface area contributed by atoms with E-state index in [-0.39, 0.29) is 5.54 Å². The normalized spacial score (nSPS) is 27.9. The van der Waals surface area contributed by atoms with Crippen molar-refractivity contribution in [2.24, 2.45) is 18.7 Å². The number of aryl methyl sites for hydroxylation is 1. The Bertz CT molecular complexity index is 402. The van der Waals surface area contributed by atoms with Crippen molar-refractivity contribution < 1.29 is 0 Å². The van der Waals surface area contributed by atoms with Crippen molar-refractivity contribution in [3.8, 4) is 0 Å². The van der Waals surface area contributed by atoms with Gasteiger partial charge in [0.05, 0.1) is 5.69 Å². The average molecular weight is 265 g/mol. The van der Waals surface area contributed by atoms with E-state index in [1.807, 2.05) is 13.2 Å². The second-order valence-corrected chi connectivity index (χ2v) is 6.03. The minimum atomic E-state index is 0.157. The fourth-order valence-electron chi connectivity index (χ4n) is 3.51. The second-order valence-electron chi connectivity index (χ2n) is 6.03. The van der Waals surface area contributed by atoms with Gasteiger partial charge in [-0.2, -0.15) is 0 Å². The number of likely N-dealkylation sites (N-methyl/N-ethyl adjacent to an activating group) is 1. The smallest absolute Gasteiger partial charge is 0.0967 e. The maximum absolute atomic E-state index is 6.15. The van der Waals surface area contributed by atoms with Gasteiger partial charge in [-0.25, -0.2) is 0 Å². The first kappa shape index (κ1) is 14.5. The highest BCUT2D eigenvalue weighted by Gasteiger charge is 2.38. The van der Waals surface area contributed by atoms with E-state index in [4.69, 9.17) is 5.73 Å². The zero-order valence-electron chi connectivity index (χ0n) is 12.5. The summed E-state index contributed by atoms with van der Waals surface area (Å²) in [6.07, 6.45) is 7.04. The van der Waals surface area contributed by atoms with Crippen LogP contribution < -0.4 is 5.73 Å². The van der Waals surface area contributed by atoms with Gasteiger partial charge in [0.25, 0.3) is 0 Å². The van der Waals surface area contributed by atoms with Gasteiger partial charge in [-0.3, -0.25) is 9.58 Å². The van der Waals surface area contributed by atoms with Crippen LogP contribution in [0.4, 0.5) is 0 Å². The molecule has 1 heterocycles. The summed E-state index contributed by atoms with van der Waals surface area (Å²) in [6, 6.07) is 0. The molecule has 1 aliphatic rings. The summed E-state index contributed by atoms with van der Waals surface area (Å²) in [5, 5.41) is 8.23. The van der Waals surface area contributed by atoms with Gasteiger partial charge < -0.3 is 5.73 Å². The molecule has 1 aromatic heterocycles. The third-order valence-electron chi connectivity index (χ3n) is 4.50. The van der Waals surface area contributed by atoms with Crippen LogP contribution in [0.1, 0.15) is 45.2 Å². The SMILES string of the molecule is CCN(Cc1cn(C)nn1)C1(CN)CCCC(C)C1. The molecule has 0 radical (unpaired) electrons. The maximum atomic E-state index is 6.15. The lowest BCUT2D eigenvalue weighted by molar-refractivity contribution is 0.0357. The van der Waals surface area contributed by atoms with E-state index in [1.165, 1.54) is 25.7 Å². The fourth-order valence-corrected chi connectivity index (χ4v) is 3.51. The highest BCUT2D eigenvalue weighted by Crippen LogP contribution is 2.36. The van der Waals surface area contributed by atoms with Gasteiger partial charge in [0.2, 0.25) is 0 Å². The standard InChI is InChI=1S/C14H27N5/c1-4-19(10-13-9-18(3)17-16-13)14(11-15)7-5-6-12(2)8-14/h9,12H,4-8,10-11,15H2,1-3H3. The molecule has 0 aromatic carbocycles. The zero-order valence-corrected chi connectivity index (χ0v) is 12.5. The van der Waals surface area contributed by atoms with Crippen LogP contribution in [-0.4, -0.2) is 38.5 Å². The third kappa shape index (κ3) is 3.15. The van der Waals surface area contributed by atoms with Gasteiger partial charge in [0, 0.05) is 31.9 Å². The molecule has 108 valence electrons. The quantitative estimate of drug-likeness (QED) is 0.877. The molecular formula is C14H27N5. The van der Waals surface area contributed by atoms with E-state index in [0.717, 1.165) is 31.2 Å². The van der Waals surface area contributed by atoms with Gasteiger partial charge in [-0.1, -0.05) is 31.9 Å². The molecule has 2 N–H and O–H groups in total. The van der Waals surface area contributed by atoms with Crippen LogP contribution in [-0.2, 0) is 13.6 Å². The Kier molecular flexibility index (Phi) is 4.58. The van der Waals surface area contributed by atoms with Gasteiger partial charge in [-0.15, -0.1) is 5.10 Å². The molecule has 1 saturated carbocycles. The van der Waals surface area contributed by atoms with Crippen LogP contribution in [0.3, 0.4) is 0 Å². The number of hydrogen-bond acceptors (Lipinski definition) is 4. The first-order chi connectivity index (χ1) is 9.09. The Labute approximate surface area is 116 Å². The van der Waals surface area contributed by atoms with Crippen LogP contribution >= 0.6 is 0 Å². The monoisotopic (exact) mass is 265 g/mol. The molecule has 2 unspecified atom stereocenters. The topological polar surface area (TPSA) is 60.0 Å². The predicted octanol–water partition coefficient (Wildman–Crippen LogP) is 1.54. The van der Waals surface area contributed by atoms with Crippen LogP contribution in [0, 0.1) is 5.92 Å². The molecule has 0 saturated heterocycles. The van der Waals surface area contributed by atoms with Crippen molar-refractivity contribution in [2.75, 3.05) is 13.1 Å². The average Bonchev–Trinajstić information content (AvgIpc) is 2.81. The van der Waals surface area contributed by atoms with E-state index in [9.17, 15) is 0 Å². The molecule has 1 aromatic rings. The van der Waals surface area contributed by atoms with E-state index >= 15 is 0 Å². The summed E-state index contributed by atoms with van der Waals surface area (Å²) >= 11 is 0. The minimum Gasteiger partial charge on any atom is -0.329 e. The third-order valence-corrected chi connectivity index (χ3v) is 4.50. The molecule has 0 aliphatic heterocycles. The van der Waals surface area contributed by atoms with Crippen molar-refractivity contribution in [2.45, 2.75) is 51.6 Å². The van der Waals surface area contributed by atoms with Gasteiger partial charge in [0.1, 0.15) is 0 Å². The van der Waals surface area contributed by atoms with Crippen molar-refractivity contribution in [1.82, 2.24) is 19.9 Å². The zero-order chi connectivity index (χ0) is 13.9. The maximum Gasteiger partial charge on any atom is 0.0967 e. The molecule has 0 amide bonds. The summed E-state index contributed by atoms with van der Waals surface area (Å²) in [5.74, 6) is 0.771. The Hall–Kier alpha value is -0.940. The number of rotatable bonds is 5. The molecule has 19 heavy (non-hydrogen) atoms. The van der Waals surface area contributed by atoms with Crippen molar-refractivity contribution in [1.29, 1.82) is 0 Å². The molecule has 0 spiro atoms. The van der Waals surface area contributed by atoms with E-state index < -0.39 is 0 Å². The van der Waals surface area contributed by atoms with Gasteiger partial charge in [0.15, 0.2) is 0 Å². The lowest BCUT2D eigenvalue weighted by atomic mass is 9.75. The first-order valence-corrected chi connectivity index (χ1v) is 7.40. The summed E-state index contributed by atoms with van der Waals surface area (Å²) in [5.41, 5.74) is 7.35. The fraction of sp³-hybridized carbons (Fsp3) is 0.857. The summed E-state index contributed by atoms with van der Waals surface area (Å²) in [4.78, 5) is 2.51. The highest BCUT2D eigenvalue weighted by molar-refractivity contribution is 5.00. The van der Waals surface area contributed by atoms with Gasteiger partial charge >= 0.3 is 0 Å². The van der Waals surface area contributed by atoms with Crippen molar-refractivity contribution >= 4 is 0 Å². The van der Waals surface area contributed by atoms with Crippen LogP contribution in [0.5, 0.6) is 0 Å². The lowest BCUT2D eigenvalue weighted by Crippen LogP contribution is -2.55. The Morgan fingerprint density at radius 2 is 2.37 bits per heavy atom. The van der Waals surface area contributed by atoms with Gasteiger partial charge in [-0.05, 0) is 25.3 Å². The van der Waals surface area contributed by atoms with Crippen LogP contribution in [0.15, 0.2) is 6.20 Å². The largest absolute Gasteiger partial charge is 0.329 e. The molecule has 5 heteroatoms. The molecule has 0 bridgehead atoms. The van der Waals surface area contributed by atoms with Crippen LogP contribution in [0.2, 0.25) is 0 Å². The molecule has 1 aliphatic carbocycles. The molecule has 5 nitrogen and oxygen atoms in total. The summed E-state index contributed by atoms with van der Waals surface area (Å²) in [6.45, 7) is 7.17. The number of aromatic nitrogens is 3. The number of nitrogens with two attached hydrogens (primary N) is 1. The Morgan fingerprint density at radius 1 is 1.58 bits per heavy atom. The predicted molar refractivity (Wildman–Crippen MR) is 76.5 cm³/mol. The Morgan fingerprint density at radius 3 is 2.89 bits per heavy atom. The second kappa shape index (κ2) is 6.01. The number of hydrogen-bond donors (Lipinski definition) is 1. The van der Waals surface area contributed by atoms with E-state index in [1.54, 1.807) is 4.68 Å². The molecule has 2 rings (SSSR count). The lowest BCUT2D eigenvalue weighted by Gasteiger charge is -2.47. The van der Waals surface area contributed by atoms with E-state index in [0.29, 0.717) is 0 Å².